The van der Waals surface area contributed by atoms with Crippen LogP contribution >= 0.6 is 11.3 Å². The van der Waals surface area contributed by atoms with Crippen LogP contribution in [0, 0.1) is 0 Å². The van der Waals surface area contributed by atoms with E-state index in [1.165, 1.54) is 31.6 Å². The number of nitrogens with one attached hydrogen (secondary N) is 1. The molecule has 0 bridgehead atoms. The average Bonchev–Trinajstić information content (AvgIpc) is 2.79. The SMILES string of the molecule is CNc1nc2c(C(=O)O)cc(OC)c(OC)c2s1. The van der Waals surface area contributed by atoms with Crippen molar-refractivity contribution in [3.63, 3.8) is 0 Å². The van der Waals surface area contributed by atoms with Gasteiger partial charge in [-0.2, -0.15) is 0 Å². The Kier molecular flexibility index (Phi) is 3.24. The highest BCUT2D eigenvalue weighted by molar-refractivity contribution is 7.22. The zero-order chi connectivity index (χ0) is 13.3. The summed E-state index contributed by atoms with van der Waals surface area (Å²) in [5.74, 6) is -0.167. The number of carboxylic acids is 1. The molecule has 0 aliphatic rings. The number of hydrogen-bond donors (Lipinski definition) is 2. The molecule has 0 spiro atoms. The Morgan fingerprint density at radius 3 is 2.67 bits per heavy atom. The van der Waals surface area contributed by atoms with E-state index in [4.69, 9.17) is 9.47 Å². The molecule has 96 valence electrons. The zero-order valence-electron chi connectivity index (χ0n) is 10.1. The van der Waals surface area contributed by atoms with Crippen molar-refractivity contribution in [3.05, 3.63) is 11.6 Å². The molecule has 1 aromatic carbocycles. The second-order valence-electron chi connectivity index (χ2n) is 3.41. The molecule has 0 aliphatic carbocycles. The lowest BCUT2D eigenvalue weighted by atomic mass is 10.1. The highest BCUT2D eigenvalue weighted by Crippen LogP contribution is 2.42. The van der Waals surface area contributed by atoms with E-state index in [1.54, 1.807) is 7.05 Å². The summed E-state index contributed by atoms with van der Waals surface area (Å²) in [7, 11) is 4.70. The molecule has 7 heteroatoms. The number of benzene rings is 1. The van der Waals surface area contributed by atoms with Gasteiger partial charge in [-0.3, -0.25) is 0 Å². The van der Waals surface area contributed by atoms with Crippen molar-refractivity contribution in [2.45, 2.75) is 0 Å². The lowest BCUT2D eigenvalue weighted by Crippen LogP contribution is -2.00. The maximum Gasteiger partial charge on any atom is 0.338 e. The predicted molar refractivity (Wildman–Crippen MR) is 69.2 cm³/mol. The second kappa shape index (κ2) is 4.69. The van der Waals surface area contributed by atoms with E-state index in [1.807, 2.05) is 0 Å². The smallest absolute Gasteiger partial charge is 0.338 e. The molecule has 0 fully saturated rings. The van der Waals surface area contributed by atoms with E-state index in [0.717, 1.165) is 0 Å². The highest BCUT2D eigenvalue weighted by Gasteiger charge is 2.21. The molecule has 1 aromatic heterocycles. The van der Waals surface area contributed by atoms with E-state index >= 15 is 0 Å². The number of thiazole rings is 1. The first-order valence-corrected chi connectivity index (χ1v) is 5.90. The summed E-state index contributed by atoms with van der Waals surface area (Å²) in [6.45, 7) is 0. The van der Waals surface area contributed by atoms with Gasteiger partial charge in [-0.05, 0) is 0 Å². The second-order valence-corrected chi connectivity index (χ2v) is 4.41. The van der Waals surface area contributed by atoms with Crippen molar-refractivity contribution in [2.75, 3.05) is 26.6 Å². The number of methoxy groups -OCH3 is 2. The summed E-state index contributed by atoms with van der Waals surface area (Å²) < 4.78 is 11.1. The number of nitrogens with zero attached hydrogens (tertiary/aromatic N) is 1. The van der Waals surface area contributed by atoms with Gasteiger partial charge in [0.25, 0.3) is 0 Å². The molecular formula is C11H12N2O4S. The van der Waals surface area contributed by atoms with Crippen molar-refractivity contribution in [3.8, 4) is 11.5 Å². The van der Waals surface area contributed by atoms with Crippen LogP contribution in [0.4, 0.5) is 5.13 Å². The minimum Gasteiger partial charge on any atom is -0.493 e. The zero-order valence-corrected chi connectivity index (χ0v) is 10.9. The predicted octanol–water partition coefficient (Wildman–Crippen LogP) is 2.05. The van der Waals surface area contributed by atoms with E-state index in [9.17, 15) is 9.90 Å². The van der Waals surface area contributed by atoms with Crippen LogP contribution < -0.4 is 14.8 Å². The Balaban J connectivity index is 2.85. The van der Waals surface area contributed by atoms with E-state index in [2.05, 4.69) is 10.3 Å². The third-order valence-corrected chi connectivity index (χ3v) is 3.53. The van der Waals surface area contributed by atoms with Crippen molar-refractivity contribution < 1.29 is 19.4 Å². The number of carboxylic acid groups (broad SMARTS) is 1. The Morgan fingerprint density at radius 2 is 2.17 bits per heavy atom. The molecule has 18 heavy (non-hydrogen) atoms. The van der Waals surface area contributed by atoms with Crippen molar-refractivity contribution in [1.82, 2.24) is 4.98 Å². The largest absolute Gasteiger partial charge is 0.493 e. The number of carbonyl (C=O) groups is 1. The molecular weight excluding hydrogens is 256 g/mol. The molecule has 6 nitrogen and oxygen atoms in total. The molecule has 1 heterocycles. The van der Waals surface area contributed by atoms with Crippen LogP contribution in [0.1, 0.15) is 10.4 Å². The number of rotatable bonds is 4. The summed E-state index contributed by atoms with van der Waals surface area (Å²) >= 11 is 1.32. The van der Waals surface area contributed by atoms with Gasteiger partial charge in [-0.15, -0.1) is 0 Å². The van der Waals surface area contributed by atoms with Crippen LogP contribution in [0.3, 0.4) is 0 Å². The first kappa shape index (κ1) is 12.4. The summed E-state index contributed by atoms with van der Waals surface area (Å²) in [6.07, 6.45) is 0. The average molecular weight is 268 g/mol. The summed E-state index contributed by atoms with van der Waals surface area (Å²) in [6, 6.07) is 1.42. The highest BCUT2D eigenvalue weighted by atomic mass is 32.1. The van der Waals surface area contributed by atoms with Crippen molar-refractivity contribution >= 4 is 32.7 Å². The Labute approximate surface area is 107 Å². The maximum atomic E-state index is 11.2. The van der Waals surface area contributed by atoms with Gasteiger partial charge in [0, 0.05) is 13.1 Å². The lowest BCUT2D eigenvalue weighted by molar-refractivity contribution is 0.0698. The summed E-state index contributed by atoms with van der Waals surface area (Å²) in [5, 5.41) is 12.7. The van der Waals surface area contributed by atoms with Gasteiger partial charge in [-0.25, -0.2) is 9.78 Å². The van der Waals surface area contributed by atoms with Gasteiger partial charge in [0.05, 0.1) is 19.8 Å². The number of hydrogen-bond acceptors (Lipinski definition) is 6. The Bertz CT molecular complexity index is 609. The fraction of sp³-hybridized carbons (Fsp3) is 0.273. The van der Waals surface area contributed by atoms with E-state index in [-0.39, 0.29) is 5.56 Å². The number of ether oxygens (including phenoxy) is 2. The number of fused-ring (bicyclic) bond motifs is 1. The van der Waals surface area contributed by atoms with Gasteiger partial charge in [-0.1, -0.05) is 11.3 Å². The molecule has 2 aromatic rings. The fourth-order valence-corrected chi connectivity index (χ4v) is 2.61. The number of aromatic nitrogens is 1. The molecule has 0 unspecified atom stereocenters. The normalized spacial score (nSPS) is 10.4. The number of aromatic carboxylic acids is 1. The van der Waals surface area contributed by atoms with Crippen LogP contribution in [0.25, 0.3) is 10.2 Å². The molecule has 0 saturated heterocycles. The number of anilines is 1. The molecule has 2 N–H and O–H groups in total. The molecule has 2 rings (SSSR count). The van der Waals surface area contributed by atoms with Crippen LogP contribution in [0.5, 0.6) is 11.5 Å². The van der Waals surface area contributed by atoms with Gasteiger partial charge in [0.2, 0.25) is 0 Å². The van der Waals surface area contributed by atoms with Crippen LogP contribution in [0.2, 0.25) is 0 Å². The molecule has 0 amide bonds. The molecule has 0 radical (unpaired) electrons. The monoisotopic (exact) mass is 268 g/mol. The summed E-state index contributed by atoms with van der Waals surface area (Å²) in [4.78, 5) is 15.5. The summed E-state index contributed by atoms with van der Waals surface area (Å²) in [5.41, 5.74) is 0.495. The van der Waals surface area contributed by atoms with Gasteiger partial charge < -0.3 is 19.9 Å². The minimum atomic E-state index is -1.05. The first-order chi connectivity index (χ1) is 8.62. The topological polar surface area (TPSA) is 80.7 Å². The third-order valence-electron chi connectivity index (χ3n) is 2.46. The molecule has 0 atom stereocenters. The third kappa shape index (κ3) is 1.82. The van der Waals surface area contributed by atoms with E-state index < -0.39 is 5.97 Å². The maximum absolute atomic E-state index is 11.2. The minimum absolute atomic E-state index is 0.0976. The lowest BCUT2D eigenvalue weighted by Gasteiger charge is -2.09. The van der Waals surface area contributed by atoms with E-state index in [0.29, 0.717) is 26.8 Å². The Morgan fingerprint density at radius 1 is 1.44 bits per heavy atom. The molecule has 0 aliphatic heterocycles. The van der Waals surface area contributed by atoms with Crippen molar-refractivity contribution in [2.24, 2.45) is 0 Å². The van der Waals surface area contributed by atoms with Crippen LogP contribution in [-0.2, 0) is 0 Å². The standard InChI is InChI=1S/C11H12N2O4S/c1-12-11-13-7-5(10(14)15)4-6(16-2)8(17-3)9(7)18-11/h4H,1-3H3,(H,12,13)(H,14,15). The van der Waals surface area contributed by atoms with Crippen LogP contribution in [0.15, 0.2) is 6.07 Å². The first-order valence-electron chi connectivity index (χ1n) is 5.09. The Hall–Kier alpha value is -2.02. The fourth-order valence-electron chi connectivity index (χ4n) is 1.65. The van der Waals surface area contributed by atoms with Crippen molar-refractivity contribution in [1.29, 1.82) is 0 Å². The quantitative estimate of drug-likeness (QED) is 0.883. The molecule has 0 saturated carbocycles. The van der Waals surface area contributed by atoms with Crippen LogP contribution in [-0.4, -0.2) is 37.3 Å². The van der Waals surface area contributed by atoms with Gasteiger partial charge >= 0.3 is 5.97 Å². The van der Waals surface area contributed by atoms with Gasteiger partial charge in [0.15, 0.2) is 16.6 Å². The van der Waals surface area contributed by atoms with Gasteiger partial charge in [0.1, 0.15) is 10.2 Å².